The molecule has 0 bridgehead atoms. The third-order valence-corrected chi connectivity index (χ3v) is 6.75. The van der Waals surface area contributed by atoms with Gasteiger partial charge in [0.2, 0.25) is 0 Å². The molecule has 0 spiro atoms. The maximum atomic E-state index is 2.33. The number of rotatable bonds is 3. The average Bonchev–Trinajstić information content (AvgIpc) is 3.33. The molecule has 0 aliphatic carbocycles. The number of fused-ring (bicyclic) bond motifs is 1. The Bertz CT molecular complexity index is 1070. The molecule has 2 heteroatoms. The summed E-state index contributed by atoms with van der Waals surface area (Å²) in [5.74, 6) is 0. The van der Waals surface area contributed by atoms with Crippen LogP contribution in [0.3, 0.4) is 0 Å². The molecule has 0 aliphatic heterocycles. The summed E-state index contributed by atoms with van der Waals surface area (Å²) in [4.78, 5) is 2.68. The van der Waals surface area contributed by atoms with Crippen molar-refractivity contribution in [3.8, 4) is 32.0 Å². The lowest BCUT2D eigenvalue weighted by Gasteiger charge is -2.07. The molecule has 3 aromatic carbocycles. The van der Waals surface area contributed by atoms with Gasteiger partial charge in [-0.2, -0.15) is 0 Å². The minimum absolute atomic E-state index is 1.28. The maximum Gasteiger partial charge on any atom is 0.0435 e. The van der Waals surface area contributed by atoms with E-state index in [0.29, 0.717) is 0 Å². The lowest BCUT2D eigenvalue weighted by atomic mass is 9.99. The summed E-state index contributed by atoms with van der Waals surface area (Å²) in [6, 6.07) is 32.4. The van der Waals surface area contributed by atoms with E-state index >= 15 is 0 Å². The van der Waals surface area contributed by atoms with Crippen LogP contribution in [0.5, 0.6) is 0 Å². The van der Waals surface area contributed by atoms with Crippen molar-refractivity contribution in [1.82, 2.24) is 0 Å². The molecule has 124 valence electrons. The van der Waals surface area contributed by atoms with Crippen LogP contribution < -0.4 is 0 Å². The Morgan fingerprint density at radius 1 is 0.615 bits per heavy atom. The van der Waals surface area contributed by atoms with Crippen LogP contribution >= 0.6 is 22.7 Å². The molecular formula is C24H16S2. The Hall–Kier alpha value is -2.68. The molecule has 2 heterocycles. The lowest BCUT2D eigenvalue weighted by Crippen LogP contribution is -1.81. The molecule has 0 unspecified atom stereocenters. The first-order valence-electron chi connectivity index (χ1n) is 8.61. The quantitative estimate of drug-likeness (QED) is 0.303. The number of hydrogen-bond donors (Lipinski definition) is 0. The van der Waals surface area contributed by atoms with E-state index in [9.17, 15) is 0 Å². The highest BCUT2D eigenvalue weighted by Crippen LogP contribution is 2.47. The fourth-order valence-electron chi connectivity index (χ4n) is 3.34. The Balaban J connectivity index is 1.79. The molecule has 0 aliphatic rings. The predicted molar refractivity (Wildman–Crippen MR) is 116 cm³/mol. The van der Waals surface area contributed by atoms with E-state index in [0.717, 1.165) is 0 Å². The van der Waals surface area contributed by atoms with Crippen molar-refractivity contribution in [2.45, 2.75) is 0 Å². The van der Waals surface area contributed by atoms with Gasteiger partial charge in [-0.15, -0.1) is 22.7 Å². The number of thiophene rings is 2. The van der Waals surface area contributed by atoms with Crippen LogP contribution in [0.4, 0.5) is 0 Å². The predicted octanol–water partition coefficient (Wildman–Crippen LogP) is 7.96. The highest BCUT2D eigenvalue weighted by molar-refractivity contribution is 7.23. The van der Waals surface area contributed by atoms with Crippen molar-refractivity contribution >= 4 is 32.8 Å². The van der Waals surface area contributed by atoms with Crippen molar-refractivity contribution in [2.75, 3.05) is 0 Å². The summed E-state index contributed by atoms with van der Waals surface area (Å²) in [6.45, 7) is 0. The normalized spacial score (nSPS) is 11.1. The van der Waals surface area contributed by atoms with Crippen LogP contribution in [0.15, 0.2) is 96.4 Å². The van der Waals surface area contributed by atoms with Crippen molar-refractivity contribution in [3.05, 3.63) is 96.4 Å². The molecule has 0 amide bonds. The summed E-state index contributed by atoms with van der Waals surface area (Å²) in [6.07, 6.45) is 0. The van der Waals surface area contributed by atoms with Gasteiger partial charge in [-0.3, -0.25) is 0 Å². The third kappa shape index (κ3) is 2.68. The summed E-state index contributed by atoms with van der Waals surface area (Å²) < 4.78 is 1.34. The summed E-state index contributed by atoms with van der Waals surface area (Å²) in [5, 5.41) is 3.62. The van der Waals surface area contributed by atoms with Gasteiger partial charge in [-0.25, -0.2) is 0 Å². The molecule has 26 heavy (non-hydrogen) atoms. The van der Waals surface area contributed by atoms with Gasteiger partial charge >= 0.3 is 0 Å². The smallest absolute Gasteiger partial charge is 0.0435 e. The van der Waals surface area contributed by atoms with Gasteiger partial charge in [0.05, 0.1) is 0 Å². The summed E-state index contributed by atoms with van der Waals surface area (Å²) >= 11 is 3.71. The fourth-order valence-corrected chi connectivity index (χ4v) is 5.63. The monoisotopic (exact) mass is 368 g/mol. The maximum absolute atomic E-state index is 2.33. The summed E-state index contributed by atoms with van der Waals surface area (Å²) in [5.41, 5.74) is 5.24. The molecule has 0 nitrogen and oxygen atoms in total. The molecule has 5 rings (SSSR count). The molecule has 0 radical (unpaired) electrons. The highest BCUT2D eigenvalue weighted by Gasteiger charge is 2.18. The molecule has 5 aromatic rings. The van der Waals surface area contributed by atoms with Crippen molar-refractivity contribution < 1.29 is 0 Å². The highest BCUT2D eigenvalue weighted by atomic mass is 32.1. The van der Waals surface area contributed by atoms with E-state index in [1.54, 1.807) is 0 Å². The van der Waals surface area contributed by atoms with E-state index in [4.69, 9.17) is 0 Å². The van der Waals surface area contributed by atoms with E-state index in [-0.39, 0.29) is 0 Å². The van der Waals surface area contributed by atoms with E-state index in [1.807, 2.05) is 22.7 Å². The molecule has 0 N–H and O–H groups in total. The fraction of sp³-hybridized carbons (Fsp3) is 0. The van der Waals surface area contributed by atoms with Crippen molar-refractivity contribution in [3.63, 3.8) is 0 Å². The van der Waals surface area contributed by atoms with E-state index in [2.05, 4.69) is 96.4 Å². The Morgan fingerprint density at radius 3 is 2.00 bits per heavy atom. The van der Waals surface area contributed by atoms with Crippen LogP contribution in [-0.2, 0) is 0 Å². The standard InChI is InChI=1S/C24H16S2/c1-3-9-17(10-4-1)20-16-25-24(18-11-5-2-6-12-18)23(20)22-15-19-13-7-8-14-21(19)26-22/h1-16H. The third-order valence-electron chi connectivity index (χ3n) is 4.58. The second-order valence-electron chi connectivity index (χ2n) is 6.23. The zero-order valence-corrected chi connectivity index (χ0v) is 15.7. The second kappa shape index (κ2) is 6.56. The van der Waals surface area contributed by atoms with Crippen LogP contribution in [0.1, 0.15) is 0 Å². The van der Waals surface area contributed by atoms with Gasteiger partial charge in [0.15, 0.2) is 0 Å². The molecule has 2 aromatic heterocycles. The largest absolute Gasteiger partial charge is 0.142 e. The average molecular weight is 369 g/mol. The lowest BCUT2D eigenvalue weighted by molar-refractivity contribution is 1.66. The van der Waals surface area contributed by atoms with Gasteiger partial charge in [-0.1, -0.05) is 78.9 Å². The molecular weight excluding hydrogens is 352 g/mol. The van der Waals surface area contributed by atoms with Gasteiger partial charge in [0, 0.05) is 25.6 Å². The SMILES string of the molecule is c1ccc(-c2csc(-c3ccccc3)c2-c2cc3ccccc3s2)cc1. The molecule has 0 saturated heterocycles. The van der Waals surface area contributed by atoms with Gasteiger partial charge in [-0.05, 0) is 34.0 Å². The summed E-state index contributed by atoms with van der Waals surface area (Å²) in [7, 11) is 0. The van der Waals surface area contributed by atoms with Gasteiger partial charge in [0.25, 0.3) is 0 Å². The first-order valence-corrected chi connectivity index (χ1v) is 10.3. The first-order chi connectivity index (χ1) is 12.9. The van der Waals surface area contributed by atoms with Crippen LogP contribution in [0, 0.1) is 0 Å². The van der Waals surface area contributed by atoms with Crippen molar-refractivity contribution in [1.29, 1.82) is 0 Å². The minimum Gasteiger partial charge on any atom is -0.142 e. The number of benzene rings is 3. The minimum atomic E-state index is 1.28. The molecule has 0 atom stereocenters. The van der Waals surface area contributed by atoms with Crippen LogP contribution in [-0.4, -0.2) is 0 Å². The molecule has 0 saturated carbocycles. The first kappa shape index (κ1) is 15.6. The zero-order chi connectivity index (χ0) is 17.3. The van der Waals surface area contributed by atoms with Gasteiger partial charge in [0.1, 0.15) is 0 Å². The van der Waals surface area contributed by atoms with E-state index < -0.39 is 0 Å². The van der Waals surface area contributed by atoms with Crippen LogP contribution in [0.25, 0.3) is 42.1 Å². The van der Waals surface area contributed by atoms with Gasteiger partial charge < -0.3 is 0 Å². The molecule has 0 fully saturated rings. The second-order valence-corrected chi connectivity index (χ2v) is 8.20. The van der Waals surface area contributed by atoms with Crippen LogP contribution in [0.2, 0.25) is 0 Å². The van der Waals surface area contributed by atoms with Crippen molar-refractivity contribution in [2.24, 2.45) is 0 Å². The Morgan fingerprint density at radius 2 is 1.27 bits per heavy atom. The number of hydrogen-bond acceptors (Lipinski definition) is 2. The Labute approximate surface area is 161 Å². The van der Waals surface area contributed by atoms with E-state index in [1.165, 1.54) is 42.1 Å². The Kier molecular flexibility index (Phi) is 3.93. The topological polar surface area (TPSA) is 0 Å². The zero-order valence-electron chi connectivity index (χ0n) is 14.1.